The van der Waals surface area contributed by atoms with Gasteiger partial charge in [-0.3, -0.25) is 14.5 Å². The first-order valence-electron chi connectivity index (χ1n) is 11.2. The number of nitrogens with zero attached hydrogens (tertiary/aromatic N) is 3. The fourth-order valence-corrected chi connectivity index (χ4v) is 5.81. The number of hydrogen-bond acceptors (Lipinski definition) is 4. The number of amides is 2. The Balaban J connectivity index is 1.16. The number of anilines is 1. The Bertz CT molecular complexity index is 719. The van der Waals surface area contributed by atoms with Gasteiger partial charge >= 0.3 is 0 Å². The molecule has 29 heavy (non-hydrogen) atoms. The minimum absolute atomic E-state index is 0.0157. The molecule has 2 saturated heterocycles. The molecule has 0 unspecified atom stereocenters. The van der Waals surface area contributed by atoms with E-state index in [1.54, 1.807) is 4.90 Å². The maximum atomic E-state index is 12.5. The smallest absolute Gasteiger partial charge is 0.229 e. The number of carbonyl (C=O) groups is 2. The molecule has 3 heterocycles. The van der Waals surface area contributed by atoms with Crippen molar-refractivity contribution in [2.75, 3.05) is 24.5 Å². The number of hydrogen-bond donors (Lipinski definition) is 0. The van der Waals surface area contributed by atoms with E-state index in [9.17, 15) is 9.59 Å². The predicted molar refractivity (Wildman–Crippen MR) is 118 cm³/mol. The van der Waals surface area contributed by atoms with Gasteiger partial charge in [0.05, 0.1) is 0 Å². The maximum Gasteiger partial charge on any atom is 0.229 e. The molecule has 1 aromatic rings. The van der Waals surface area contributed by atoms with Crippen LogP contribution in [0.1, 0.15) is 70.6 Å². The van der Waals surface area contributed by atoms with E-state index < -0.39 is 0 Å². The quantitative estimate of drug-likeness (QED) is 0.444. The Morgan fingerprint density at radius 1 is 1.07 bits per heavy atom. The highest BCUT2D eigenvalue weighted by Gasteiger charge is 2.44. The second kappa shape index (κ2) is 9.15. The van der Waals surface area contributed by atoms with Gasteiger partial charge in [-0.1, -0.05) is 41.6 Å². The summed E-state index contributed by atoms with van der Waals surface area (Å²) in [5, 5.41) is 0. The number of pyridine rings is 1. The topological polar surface area (TPSA) is 53.5 Å². The van der Waals surface area contributed by atoms with E-state index in [1.807, 2.05) is 12.3 Å². The average Bonchev–Trinajstić information content (AvgIpc) is 3.14. The van der Waals surface area contributed by atoms with Crippen LogP contribution in [0.3, 0.4) is 0 Å². The van der Waals surface area contributed by atoms with Crippen LogP contribution < -0.4 is 4.90 Å². The minimum Gasteiger partial charge on any atom is -0.357 e. The highest BCUT2D eigenvalue weighted by atomic mass is 79.9. The summed E-state index contributed by atoms with van der Waals surface area (Å²) in [6.07, 6.45) is 13.1. The first kappa shape index (κ1) is 20.8. The summed E-state index contributed by atoms with van der Waals surface area (Å²) >= 11 is 3.52. The summed E-state index contributed by atoms with van der Waals surface area (Å²) in [6, 6.07) is 4.05. The number of unbranched alkanes of at least 4 members (excludes halogenated alkanes) is 1. The van der Waals surface area contributed by atoms with Crippen LogP contribution in [0.4, 0.5) is 5.82 Å². The number of halogens is 1. The van der Waals surface area contributed by atoms with Crippen LogP contribution >= 0.6 is 15.9 Å². The molecule has 0 bridgehead atoms. The van der Waals surface area contributed by atoms with Gasteiger partial charge in [-0.05, 0) is 55.6 Å². The van der Waals surface area contributed by atoms with Crippen molar-refractivity contribution in [1.29, 1.82) is 0 Å². The normalized spacial score (nSPS) is 22.7. The van der Waals surface area contributed by atoms with E-state index in [-0.39, 0.29) is 17.2 Å². The average molecular weight is 462 g/mol. The molecule has 3 aliphatic rings. The molecule has 0 radical (unpaired) electrons. The molecule has 2 amide bonds. The minimum atomic E-state index is 0.0157. The molecule has 0 N–H and O–H groups in total. The molecule has 1 saturated carbocycles. The number of likely N-dealkylation sites (tertiary alicyclic amines) is 1. The molecular formula is C23H32BrN3O2. The summed E-state index contributed by atoms with van der Waals surface area (Å²) in [5.41, 5.74) is 0.0157. The molecule has 4 rings (SSSR count). The lowest BCUT2D eigenvalue weighted by Crippen LogP contribution is -2.47. The molecule has 5 nitrogen and oxygen atoms in total. The van der Waals surface area contributed by atoms with Crippen LogP contribution in [-0.4, -0.2) is 41.3 Å². The van der Waals surface area contributed by atoms with Crippen molar-refractivity contribution in [3.8, 4) is 0 Å². The van der Waals surface area contributed by atoms with Gasteiger partial charge in [0.15, 0.2) is 0 Å². The first-order valence-corrected chi connectivity index (χ1v) is 12.0. The summed E-state index contributed by atoms with van der Waals surface area (Å²) in [7, 11) is 0. The Labute approximate surface area is 182 Å². The fourth-order valence-electron chi connectivity index (χ4n) is 5.48. The SMILES string of the molecule is O=C1CC2(CCCC2)CC(=O)N1CCCCC1CCN(c2cc(Br)ccn2)CC1. The number of rotatable bonds is 6. The van der Waals surface area contributed by atoms with E-state index in [4.69, 9.17) is 0 Å². The number of piperidine rings is 2. The van der Waals surface area contributed by atoms with E-state index in [0.29, 0.717) is 19.4 Å². The number of aromatic nitrogens is 1. The molecule has 2 aliphatic heterocycles. The van der Waals surface area contributed by atoms with Gasteiger partial charge in [-0.25, -0.2) is 4.98 Å². The summed E-state index contributed by atoms with van der Waals surface area (Å²) in [6.45, 7) is 2.73. The largest absolute Gasteiger partial charge is 0.357 e. The van der Waals surface area contributed by atoms with E-state index in [1.165, 1.54) is 32.1 Å². The second-order valence-electron chi connectivity index (χ2n) is 9.26. The summed E-state index contributed by atoms with van der Waals surface area (Å²) < 4.78 is 1.07. The highest BCUT2D eigenvalue weighted by Crippen LogP contribution is 2.46. The Morgan fingerprint density at radius 3 is 2.41 bits per heavy atom. The third-order valence-electron chi connectivity index (χ3n) is 7.21. The van der Waals surface area contributed by atoms with Gasteiger partial charge in [0.25, 0.3) is 0 Å². The van der Waals surface area contributed by atoms with Crippen molar-refractivity contribution in [1.82, 2.24) is 9.88 Å². The standard InChI is InChI=1S/C23H32BrN3O2/c24-19-6-11-25-20(15-19)26-13-7-18(8-14-26)5-1-4-12-27-21(28)16-23(17-22(27)29)9-2-3-10-23/h6,11,15,18H,1-5,7-10,12-14,16-17H2. The van der Waals surface area contributed by atoms with Gasteiger partial charge in [0.1, 0.15) is 5.82 Å². The van der Waals surface area contributed by atoms with Gasteiger partial charge in [0, 0.05) is 43.1 Å². The van der Waals surface area contributed by atoms with E-state index in [2.05, 4.69) is 31.9 Å². The van der Waals surface area contributed by atoms with Gasteiger partial charge in [-0.2, -0.15) is 0 Å². The van der Waals surface area contributed by atoms with Crippen LogP contribution in [0.2, 0.25) is 0 Å². The van der Waals surface area contributed by atoms with Crippen LogP contribution in [0.5, 0.6) is 0 Å². The van der Waals surface area contributed by atoms with Crippen molar-refractivity contribution >= 4 is 33.6 Å². The summed E-state index contributed by atoms with van der Waals surface area (Å²) in [5.74, 6) is 1.96. The lowest BCUT2D eigenvalue weighted by Gasteiger charge is -2.37. The molecule has 1 spiro atoms. The molecule has 0 aromatic carbocycles. The van der Waals surface area contributed by atoms with Crippen molar-refractivity contribution < 1.29 is 9.59 Å². The number of carbonyl (C=O) groups excluding carboxylic acids is 2. The van der Waals surface area contributed by atoms with E-state index >= 15 is 0 Å². The Kier molecular flexibility index (Phi) is 6.57. The van der Waals surface area contributed by atoms with Gasteiger partial charge in [0.2, 0.25) is 11.8 Å². The zero-order chi connectivity index (χ0) is 20.3. The van der Waals surface area contributed by atoms with Crippen molar-refractivity contribution in [2.24, 2.45) is 11.3 Å². The maximum absolute atomic E-state index is 12.5. The summed E-state index contributed by atoms with van der Waals surface area (Å²) in [4.78, 5) is 33.5. The Morgan fingerprint density at radius 2 is 1.76 bits per heavy atom. The molecule has 158 valence electrons. The molecule has 3 fully saturated rings. The van der Waals surface area contributed by atoms with Crippen LogP contribution in [0.15, 0.2) is 22.8 Å². The molecule has 1 aromatic heterocycles. The van der Waals surface area contributed by atoms with E-state index in [0.717, 1.165) is 55.0 Å². The van der Waals surface area contributed by atoms with Crippen molar-refractivity contribution in [3.05, 3.63) is 22.8 Å². The van der Waals surface area contributed by atoms with Crippen molar-refractivity contribution in [2.45, 2.75) is 70.6 Å². The Hall–Kier alpha value is -1.43. The zero-order valence-electron chi connectivity index (χ0n) is 17.2. The molecule has 1 aliphatic carbocycles. The van der Waals surface area contributed by atoms with Crippen molar-refractivity contribution in [3.63, 3.8) is 0 Å². The van der Waals surface area contributed by atoms with Gasteiger partial charge < -0.3 is 4.90 Å². The fraction of sp³-hybridized carbons (Fsp3) is 0.696. The molecule has 6 heteroatoms. The number of imide groups is 1. The van der Waals surface area contributed by atoms with Crippen LogP contribution in [0.25, 0.3) is 0 Å². The monoisotopic (exact) mass is 461 g/mol. The predicted octanol–water partition coefficient (Wildman–Crippen LogP) is 4.94. The molecular weight excluding hydrogens is 430 g/mol. The van der Waals surface area contributed by atoms with Crippen LogP contribution in [-0.2, 0) is 9.59 Å². The highest BCUT2D eigenvalue weighted by molar-refractivity contribution is 9.10. The third-order valence-corrected chi connectivity index (χ3v) is 7.70. The zero-order valence-corrected chi connectivity index (χ0v) is 18.8. The first-order chi connectivity index (χ1) is 14.0. The molecule has 0 atom stereocenters. The van der Waals surface area contributed by atoms with Crippen LogP contribution in [0, 0.1) is 11.3 Å². The lowest BCUT2D eigenvalue weighted by molar-refractivity contribution is -0.153. The second-order valence-corrected chi connectivity index (χ2v) is 10.2. The third kappa shape index (κ3) is 5.01. The lowest BCUT2D eigenvalue weighted by atomic mass is 9.76. The van der Waals surface area contributed by atoms with Gasteiger partial charge in [-0.15, -0.1) is 0 Å².